The maximum Gasteiger partial charge on any atom is 0.271 e. The van der Waals surface area contributed by atoms with Gasteiger partial charge in [-0.3, -0.25) is 9.36 Å². The Labute approximate surface area is 107 Å². The van der Waals surface area contributed by atoms with E-state index in [2.05, 4.69) is 4.98 Å². The van der Waals surface area contributed by atoms with Crippen LogP contribution in [-0.2, 0) is 6.54 Å². The minimum Gasteiger partial charge on any atom is -0.399 e. The Morgan fingerprint density at radius 1 is 1.33 bits per heavy atom. The summed E-state index contributed by atoms with van der Waals surface area (Å²) in [4.78, 5) is 16.4. The minimum atomic E-state index is -0.00238. The first-order valence-electron chi connectivity index (χ1n) is 5.51. The molecule has 0 spiro atoms. The van der Waals surface area contributed by atoms with Gasteiger partial charge in [-0.1, -0.05) is 12.1 Å². The van der Waals surface area contributed by atoms with E-state index in [0.29, 0.717) is 16.9 Å². The fraction of sp³-hybridized carbons (Fsp3) is 0.0769. The number of fused-ring (bicyclic) bond motifs is 1. The second kappa shape index (κ2) is 4.27. The number of hydrogen-bond donors (Lipinski definition) is 1. The highest BCUT2D eigenvalue weighted by Gasteiger charge is 2.05. The maximum atomic E-state index is 12.2. The van der Waals surface area contributed by atoms with E-state index in [9.17, 15) is 4.79 Å². The number of hydrogen-bond acceptors (Lipinski definition) is 4. The van der Waals surface area contributed by atoms with Crippen molar-refractivity contribution in [1.29, 1.82) is 0 Å². The molecule has 0 aliphatic carbocycles. The number of thiophene rings is 1. The van der Waals surface area contributed by atoms with Crippen molar-refractivity contribution in [2.45, 2.75) is 6.54 Å². The Bertz CT molecular complexity index is 760. The Kier molecular flexibility index (Phi) is 2.60. The molecule has 0 unspecified atom stereocenters. The fourth-order valence-electron chi connectivity index (χ4n) is 1.88. The maximum absolute atomic E-state index is 12.2. The van der Waals surface area contributed by atoms with Gasteiger partial charge in [-0.25, -0.2) is 4.98 Å². The average Bonchev–Trinajstić information content (AvgIpc) is 2.82. The number of benzene rings is 1. The summed E-state index contributed by atoms with van der Waals surface area (Å²) in [5.74, 6) is 0. The van der Waals surface area contributed by atoms with Gasteiger partial charge in [0.15, 0.2) is 0 Å². The third-order valence-electron chi connectivity index (χ3n) is 2.74. The highest BCUT2D eigenvalue weighted by molar-refractivity contribution is 7.17. The molecule has 0 saturated carbocycles. The first-order chi connectivity index (χ1) is 8.74. The number of nitrogens with zero attached hydrogens (tertiary/aromatic N) is 2. The lowest BCUT2D eigenvalue weighted by atomic mass is 10.2. The Hall–Kier alpha value is -2.14. The van der Waals surface area contributed by atoms with Crippen molar-refractivity contribution in [3.8, 4) is 0 Å². The van der Waals surface area contributed by atoms with Crippen LogP contribution in [-0.4, -0.2) is 9.55 Å². The lowest BCUT2D eigenvalue weighted by Crippen LogP contribution is -2.20. The van der Waals surface area contributed by atoms with Crippen LogP contribution in [0.15, 0.2) is 46.8 Å². The van der Waals surface area contributed by atoms with Crippen molar-refractivity contribution >= 4 is 27.2 Å². The summed E-state index contributed by atoms with van der Waals surface area (Å²) in [5, 5.41) is 1.88. The van der Waals surface area contributed by atoms with Gasteiger partial charge in [0.2, 0.25) is 0 Å². The number of nitrogen functional groups attached to an aromatic ring is 1. The Morgan fingerprint density at radius 2 is 2.22 bits per heavy atom. The van der Waals surface area contributed by atoms with Gasteiger partial charge >= 0.3 is 0 Å². The second-order valence-corrected chi connectivity index (χ2v) is 4.97. The summed E-state index contributed by atoms with van der Waals surface area (Å²) in [6, 6.07) is 9.37. The van der Waals surface area contributed by atoms with Crippen molar-refractivity contribution in [2.24, 2.45) is 0 Å². The van der Waals surface area contributed by atoms with Crippen LogP contribution in [0.25, 0.3) is 10.2 Å². The van der Waals surface area contributed by atoms with Crippen LogP contribution in [0.1, 0.15) is 5.56 Å². The predicted octanol–water partition coefficient (Wildman–Crippen LogP) is 2.09. The van der Waals surface area contributed by atoms with Gasteiger partial charge in [0.1, 0.15) is 4.70 Å². The second-order valence-electron chi connectivity index (χ2n) is 4.06. The lowest BCUT2D eigenvalue weighted by molar-refractivity contribution is 0.750. The van der Waals surface area contributed by atoms with Gasteiger partial charge in [0.05, 0.1) is 18.4 Å². The van der Waals surface area contributed by atoms with Gasteiger partial charge in [-0.2, -0.15) is 0 Å². The van der Waals surface area contributed by atoms with Crippen molar-refractivity contribution < 1.29 is 0 Å². The van der Waals surface area contributed by atoms with Crippen LogP contribution in [0.5, 0.6) is 0 Å². The van der Waals surface area contributed by atoms with Crippen molar-refractivity contribution in [3.63, 3.8) is 0 Å². The number of nitrogens with two attached hydrogens (primary N) is 1. The number of rotatable bonds is 2. The van der Waals surface area contributed by atoms with E-state index in [-0.39, 0.29) is 5.56 Å². The summed E-state index contributed by atoms with van der Waals surface area (Å²) < 4.78 is 2.30. The van der Waals surface area contributed by atoms with Crippen molar-refractivity contribution in [3.05, 3.63) is 58.0 Å². The van der Waals surface area contributed by atoms with E-state index in [1.165, 1.54) is 11.3 Å². The molecule has 0 aliphatic heterocycles. The molecule has 3 rings (SSSR count). The monoisotopic (exact) mass is 257 g/mol. The quantitative estimate of drug-likeness (QED) is 0.715. The first-order valence-corrected chi connectivity index (χ1v) is 6.39. The molecular formula is C13H11N3OS. The summed E-state index contributed by atoms with van der Waals surface area (Å²) in [6.45, 7) is 0.491. The molecule has 2 aromatic heterocycles. The summed E-state index contributed by atoms with van der Waals surface area (Å²) in [6.07, 6.45) is 1.58. The molecule has 4 nitrogen and oxygen atoms in total. The lowest BCUT2D eigenvalue weighted by Gasteiger charge is -2.05. The smallest absolute Gasteiger partial charge is 0.271 e. The molecule has 90 valence electrons. The van der Waals surface area contributed by atoms with Crippen LogP contribution in [0.2, 0.25) is 0 Å². The largest absolute Gasteiger partial charge is 0.399 e. The fourth-order valence-corrected chi connectivity index (χ4v) is 2.67. The normalized spacial score (nSPS) is 10.9. The molecule has 0 saturated heterocycles. The van der Waals surface area contributed by atoms with Gasteiger partial charge in [0, 0.05) is 5.69 Å². The molecule has 18 heavy (non-hydrogen) atoms. The van der Waals surface area contributed by atoms with E-state index in [1.54, 1.807) is 10.9 Å². The highest BCUT2D eigenvalue weighted by Crippen LogP contribution is 2.14. The molecule has 0 atom stereocenters. The zero-order chi connectivity index (χ0) is 12.5. The summed E-state index contributed by atoms with van der Waals surface area (Å²) in [5.41, 5.74) is 8.17. The third kappa shape index (κ3) is 1.89. The van der Waals surface area contributed by atoms with Gasteiger partial charge < -0.3 is 5.73 Å². The molecule has 0 radical (unpaired) electrons. The first kappa shape index (κ1) is 11.0. The predicted molar refractivity (Wildman–Crippen MR) is 73.8 cm³/mol. The van der Waals surface area contributed by atoms with Crippen LogP contribution >= 0.6 is 11.3 Å². The van der Waals surface area contributed by atoms with Crippen LogP contribution in [0.4, 0.5) is 5.69 Å². The topological polar surface area (TPSA) is 60.9 Å². The van der Waals surface area contributed by atoms with Crippen LogP contribution < -0.4 is 11.3 Å². The van der Waals surface area contributed by atoms with E-state index >= 15 is 0 Å². The minimum absolute atomic E-state index is 0.00238. The van der Waals surface area contributed by atoms with Gasteiger partial charge in [-0.05, 0) is 29.1 Å². The van der Waals surface area contributed by atoms with E-state index < -0.39 is 0 Å². The highest BCUT2D eigenvalue weighted by atomic mass is 32.1. The van der Waals surface area contributed by atoms with Crippen LogP contribution in [0, 0.1) is 0 Å². The molecule has 0 fully saturated rings. The molecule has 3 aromatic rings. The molecule has 0 amide bonds. The standard InChI is InChI=1S/C13H11N3OS/c14-10-3-1-2-9(6-10)7-16-8-15-11-4-5-18-12(11)13(16)17/h1-6,8H,7,14H2. The molecular weight excluding hydrogens is 246 g/mol. The van der Waals surface area contributed by atoms with Crippen molar-refractivity contribution in [2.75, 3.05) is 5.73 Å². The van der Waals surface area contributed by atoms with E-state index in [1.807, 2.05) is 35.7 Å². The SMILES string of the molecule is Nc1cccc(Cn2cnc3ccsc3c2=O)c1. The Balaban J connectivity index is 2.05. The molecule has 5 heteroatoms. The molecule has 2 heterocycles. The molecule has 1 aromatic carbocycles. The zero-order valence-electron chi connectivity index (χ0n) is 9.54. The van der Waals surface area contributed by atoms with E-state index in [0.717, 1.165) is 11.1 Å². The summed E-state index contributed by atoms with van der Waals surface area (Å²) >= 11 is 1.42. The summed E-state index contributed by atoms with van der Waals surface area (Å²) in [7, 11) is 0. The average molecular weight is 257 g/mol. The van der Waals surface area contributed by atoms with Crippen molar-refractivity contribution in [1.82, 2.24) is 9.55 Å². The molecule has 0 aliphatic rings. The van der Waals surface area contributed by atoms with E-state index in [4.69, 9.17) is 5.73 Å². The van der Waals surface area contributed by atoms with Gasteiger partial charge in [-0.15, -0.1) is 11.3 Å². The van der Waals surface area contributed by atoms with Gasteiger partial charge in [0.25, 0.3) is 5.56 Å². The third-order valence-corrected chi connectivity index (χ3v) is 3.63. The molecule has 2 N–H and O–H groups in total. The number of aromatic nitrogens is 2. The Morgan fingerprint density at radius 3 is 3.06 bits per heavy atom. The van der Waals surface area contributed by atoms with Crippen LogP contribution in [0.3, 0.4) is 0 Å². The zero-order valence-corrected chi connectivity index (χ0v) is 10.4. The molecule has 0 bridgehead atoms. The number of anilines is 1.